The molecule has 1 heterocycles. The van der Waals surface area contributed by atoms with Gasteiger partial charge in [-0.15, -0.1) is 10.2 Å². The fraction of sp³-hybridized carbons (Fsp3) is 0.214. The second-order valence-corrected chi connectivity index (χ2v) is 5.12. The van der Waals surface area contributed by atoms with Gasteiger partial charge in [0.15, 0.2) is 0 Å². The molecule has 0 atom stereocenters. The van der Waals surface area contributed by atoms with E-state index in [4.69, 9.17) is 5.11 Å². The molecule has 6 heteroatoms. The van der Waals surface area contributed by atoms with Crippen LogP contribution in [0.1, 0.15) is 27.3 Å². The van der Waals surface area contributed by atoms with E-state index in [2.05, 4.69) is 27.4 Å². The maximum absolute atomic E-state index is 12.0. The zero-order chi connectivity index (χ0) is 14.4. The Morgan fingerprint density at radius 2 is 2.30 bits per heavy atom. The first-order valence-electron chi connectivity index (χ1n) is 6.00. The minimum absolute atomic E-state index is 0.0313. The number of aliphatic hydroxyl groups is 1. The number of anilines is 1. The zero-order valence-electron chi connectivity index (χ0n) is 10.9. The van der Waals surface area contributed by atoms with Crippen LogP contribution < -0.4 is 5.32 Å². The lowest BCUT2D eigenvalue weighted by molar-refractivity contribution is 0.102. The van der Waals surface area contributed by atoms with Crippen molar-refractivity contribution in [2.45, 2.75) is 13.3 Å². The first-order valence-corrected chi connectivity index (χ1v) is 6.82. The third-order valence-electron chi connectivity index (χ3n) is 2.34. The van der Waals surface area contributed by atoms with E-state index in [0.717, 1.165) is 10.6 Å². The summed E-state index contributed by atoms with van der Waals surface area (Å²) in [5.41, 5.74) is 1.24. The number of amides is 1. The fourth-order valence-corrected chi connectivity index (χ4v) is 2.06. The average molecular weight is 287 g/mol. The van der Waals surface area contributed by atoms with Crippen LogP contribution in [0.3, 0.4) is 0 Å². The molecular formula is C14H13N3O2S. The topological polar surface area (TPSA) is 75.1 Å². The van der Waals surface area contributed by atoms with Gasteiger partial charge in [0.25, 0.3) is 5.91 Å². The van der Waals surface area contributed by atoms with Crippen LogP contribution in [-0.4, -0.2) is 27.8 Å². The highest BCUT2D eigenvalue weighted by molar-refractivity contribution is 7.15. The number of nitrogens with zero attached hydrogens (tertiary/aromatic N) is 2. The number of aliphatic hydroxyl groups excluding tert-OH is 1. The lowest BCUT2D eigenvalue weighted by Crippen LogP contribution is -2.11. The van der Waals surface area contributed by atoms with Crippen LogP contribution in [-0.2, 0) is 0 Å². The van der Waals surface area contributed by atoms with Gasteiger partial charge in [0.05, 0.1) is 6.61 Å². The van der Waals surface area contributed by atoms with Crippen LogP contribution in [0.15, 0.2) is 24.3 Å². The monoisotopic (exact) mass is 287 g/mol. The van der Waals surface area contributed by atoms with Gasteiger partial charge in [0.1, 0.15) is 5.01 Å². The molecule has 2 aromatic rings. The summed E-state index contributed by atoms with van der Waals surface area (Å²) in [6.45, 7) is 1.86. The number of hydrogen-bond acceptors (Lipinski definition) is 5. The van der Waals surface area contributed by atoms with Gasteiger partial charge in [0, 0.05) is 17.5 Å². The summed E-state index contributed by atoms with van der Waals surface area (Å²) in [7, 11) is 0. The van der Waals surface area contributed by atoms with E-state index >= 15 is 0 Å². The Labute approximate surface area is 120 Å². The highest BCUT2D eigenvalue weighted by Crippen LogP contribution is 2.15. The molecule has 0 aliphatic heterocycles. The summed E-state index contributed by atoms with van der Waals surface area (Å²) >= 11 is 1.32. The normalized spacial score (nSPS) is 9.70. The smallest absolute Gasteiger partial charge is 0.257 e. The standard InChI is InChI=1S/C14H13N3O2S/c1-10-16-17-14(20-10)15-13(19)12-7-4-6-11(9-12)5-2-3-8-18/h4,6-7,9,18H,3,8H2,1H3,(H,15,17,19). The molecule has 0 aliphatic carbocycles. The minimum Gasteiger partial charge on any atom is -0.395 e. The number of rotatable bonds is 3. The van der Waals surface area contributed by atoms with Crippen molar-refractivity contribution in [2.75, 3.05) is 11.9 Å². The SMILES string of the molecule is Cc1nnc(NC(=O)c2cccc(C#CCCO)c2)s1. The summed E-state index contributed by atoms with van der Waals surface area (Å²) in [4.78, 5) is 12.0. The second-order valence-electron chi connectivity index (χ2n) is 3.94. The van der Waals surface area contributed by atoms with Crippen molar-refractivity contribution in [3.63, 3.8) is 0 Å². The lowest BCUT2D eigenvalue weighted by atomic mass is 10.1. The molecule has 0 radical (unpaired) electrons. The zero-order valence-corrected chi connectivity index (χ0v) is 11.7. The Bertz CT molecular complexity index is 670. The van der Waals surface area contributed by atoms with Crippen molar-refractivity contribution in [3.8, 4) is 11.8 Å². The summed E-state index contributed by atoms with van der Waals surface area (Å²) in [5, 5.41) is 20.3. The third kappa shape index (κ3) is 3.88. The highest BCUT2D eigenvalue weighted by atomic mass is 32.1. The van der Waals surface area contributed by atoms with Crippen LogP contribution in [0.5, 0.6) is 0 Å². The number of benzene rings is 1. The number of carbonyl (C=O) groups is 1. The third-order valence-corrected chi connectivity index (χ3v) is 3.09. The molecule has 1 aromatic heterocycles. The van der Waals surface area contributed by atoms with Crippen molar-refractivity contribution in [2.24, 2.45) is 0 Å². The van der Waals surface area contributed by atoms with E-state index in [0.29, 0.717) is 17.1 Å². The number of nitrogens with one attached hydrogen (secondary N) is 1. The van der Waals surface area contributed by atoms with E-state index in [9.17, 15) is 4.79 Å². The summed E-state index contributed by atoms with van der Waals surface area (Å²) in [5.74, 6) is 5.47. The van der Waals surface area contributed by atoms with Gasteiger partial charge < -0.3 is 5.11 Å². The van der Waals surface area contributed by atoms with Gasteiger partial charge in [-0.2, -0.15) is 0 Å². The maximum Gasteiger partial charge on any atom is 0.257 e. The van der Waals surface area contributed by atoms with Crippen molar-refractivity contribution in [1.82, 2.24) is 10.2 Å². The molecule has 2 rings (SSSR count). The van der Waals surface area contributed by atoms with Gasteiger partial charge in [-0.3, -0.25) is 10.1 Å². The van der Waals surface area contributed by atoms with Crippen LogP contribution in [0.2, 0.25) is 0 Å². The van der Waals surface area contributed by atoms with Crippen molar-refractivity contribution in [3.05, 3.63) is 40.4 Å². The van der Waals surface area contributed by atoms with Crippen LogP contribution >= 0.6 is 11.3 Å². The molecular weight excluding hydrogens is 274 g/mol. The molecule has 2 N–H and O–H groups in total. The minimum atomic E-state index is -0.244. The molecule has 5 nitrogen and oxygen atoms in total. The Hall–Kier alpha value is -2.23. The van der Waals surface area contributed by atoms with E-state index in [-0.39, 0.29) is 12.5 Å². The van der Waals surface area contributed by atoms with E-state index in [1.807, 2.05) is 13.0 Å². The Morgan fingerprint density at radius 3 is 3.00 bits per heavy atom. The molecule has 1 amide bonds. The van der Waals surface area contributed by atoms with E-state index in [1.54, 1.807) is 18.2 Å². The van der Waals surface area contributed by atoms with Crippen LogP contribution in [0.25, 0.3) is 0 Å². The van der Waals surface area contributed by atoms with E-state index in [1.165, 1.54) is 11.3 Å². The van der Waals surface area contributed by atoms with Gasteiger partial charge in [-0.05, 0) is 25.1 Å². The quantitative estimate of drug-likeness (QED) is 0.845. The molecule has 0 fully saturated rings. The molecule has 1 aromatic carbocycles. The largest absolute Gasteiger partial charge is 0.395 e. The molecule has 0 aliphatic rings. The Morgan fingerprint density at radius 1 is 1.45 bits per heavy atom. The maximum atomic E-state index is 12.0. The summed E-state index contributed by atoms with van der Waals surface area (Å²) in [6.07, 6.45) is 0.417. The first kappa shape index (κ1) is 14.2. The van der Waals surface area contributed by atoms with Gasteiger partial charge in [-0.1, -0.05) is 29.2 Å². The van der Waals surface area contributed by atoms with Crippen molar-refractivity contribution < 1.29 is 9.90 Å². The predicted molar refractivity (Wildman–Crippen MR) is 77.6 cm³/mol. The number of hydrogen-bond donors (Lipinski definition) is 2. The Balaban J connectivity index is 2.10. The summed E-state index contributed by atoms with van der Waals surface area (Å²) in [6, 6.07) is 6.99. The number of aromatic nitrogens is 2. The number of aryl methyl sites for hydroxylation is 1. The highest BCUT2D eigenvalue weighted by Gasteiger charge is 2.09. The lowest BCUT2D eigenvalue weighted by Gasteiger charge is -2.01. The predicted octanol–water partition coefficient (Wildman–Crippen LogP) is 1.83. The first-order chi connectivity index (χ1) is 9.69. The van der Waals surface area contributed by atoms with Gasteiger partial charge in [0.2, 0.25) is 5.13 Å². The molecule has 0 saturated carbocycles. The Kier molecular flexibility index (Phi) is 4.82. The summed E-state index contributed by atoms with van der Waals surface area (Å²) < 4.78 is 0. The van der Waals surface area contributed by atoms with E-state index < -0.39 is 0 Å². The van der Waals surface area contributed by atoms with Crippen molar-refractivity contribution in [1.29, 1.82) is 0 Å². The molecule has 0 saturated heterocycles. The molecule has 0 unspecified atom stereocenters. The molecule has 20 heavy (non-hydrogen) atoms. The molecule has 0 bridgehead atoms. The van der Waals surface area contributed by atoms with Crippen molar-refractivity contribution >= 4 is 22.4 Å². The number of carbonyl (C=O) groups excluding carboxylic acids is 1. The second kappa shape index (κ2) is 6.80. The fourth-order valence-electron chi connectivity index (χ4n) is 1.48. The molecule has 0 spiro atoms. The van der Waals surface area contributed by atoms with Crippen LogP contribution in [0, 0.1) is 18.8 Å². The molecule has 102 valence electrons. The van der Waals surface area contributed by atoms with Crippen LogP contribution in [0.4, 0.5) is 5.13 Å². The van der Waals surface area contributed by atoms with Gasteiger partial charge in [-0.25, -0.2) is 0 Å². The van der Waals surface area contributed by atoms with Gasteiger partial charge >= 0.3 is 0 Å². The average Bonchev–Trinajstić information content (AvgIpc) is 2.85.